The summed E-state index contributed by atoms with van der Waals surface area (Å²) in [7, 11) is 1.64. The number of methoxy groups -OCH3 is 1. The van der Waals surface area contributed by atoms with Gasteiger partial charge in [-0.25, -0.2) is 0 Å². The van der Waals surface area contributed by atoms with Crippen LogP contribution in [0.2, 0.25) is 0 Å². The second-order valence-corrected chi connectivity index (χ2v) is 8.35. The van der Waals surface area contributed by atoms with Crippen LogP contribution in [0.15, 0.2) is 30.5 Å². The summed E-state index contributed by atoms with van der Waals surface area (Å²) in [6.07, 6.45) is 7.52. The maximum Gasteiger partial charge on any atom is 0.119 e. The van der Waals surface area contributed by atoms with Crippen LogP contribution in [-0.2, 0) is 0 Å². The van der Waals surface area contributed by atoms with Gasteiger partial charge in [-0.2, -0.15) is 0 Å². The largest absolute Gasteiger partial charge is 0.497 e. The molecule has 0 radical (unpaired) electrons. The zero-order valence-electron chi connectivity index (χ0n) is 18.5. The molecule has 166 valence electrons. The number of unbranched alkanes of at least 4 members (excludes halogenated alkanes) is 4. The van der Waals surface area contributed by atoms with Crippen LogP contribution in [0.5, 0.6) is 5.75 Å². The van der Waals surface area contributed by atoms with E-state index >= 15 is 0 Å². The van der Waals surface area contributed by atoms with E-state index < -0.39 is 6.10 Å². The highest BCUT2D eigenvalue weighted by atomic mass is 16.5. The molecule has 1 aliphatic rings. The van der Waals surface area contributed by atoms with E-state index in [1.54, 1.807) is 13.3 Å². The predicted octanol–water partition coefficient (Wildman–Crippen LogP) is 3.23. The lowest BCUT2D eigenvalue weighted by atomic mass is 10.0. The van der Waals surface area contributed by atoms with Crippen LogP contribution in [0.1, 0.15) is 50.7 Å². The molecule has 2 N–H and O–H groups in total. The van der Waals surface area contributed by atoms with Gasteiger partial charge < -0.3 is 19.8 Å². The van der Waals surface area contributed by atoms with Crippen LogP contribution in [0.4, 0.5) is 0 Å². The fraction of sp³-hybridized carbons (Fsp3) is 0.625. The Morgan fingerprint density at radius 3 is 2.77 bits per heavy atom. The lowest BCUT2D eigenvalue weighted by Gasteiger charge is -2.41. The number of benzene rings is 1. The molecule has 1 unspecified atom stereocenters. The van der Waals surface area contributed by atoms with E-state index in [2.05, 4.69) is 21.7 Å². The number of aliphatic hydroxyl groups excluding tert-OH is 2. The Labute approximate surface area is 180 Å². The molecule has 0 amide bonds. The maximum absolute atomic E-state index is 11.0. The Morgan fingerprint density at radius 1 is 1.17 bits per heavy atom. The second kappa shape index (κ2) is 11.6. The fourth-order valence-corrected chi connectivity index (χ4v) is 4.40. The third-order valence-corrected chi connectivity index (χ3v) is 6.23. The van der Waals surface area contributed by atoms with Crippen molar-refractivity contribution in [1.82, 2.24) is 14.8 Å². The SMILES string of the molecule is CCCCCCCN1CCN(CC(O)c2ccnc3ccc(OC)cc23)[C@H](CO)C1. The number of piperazine rings is 1. The highest BCUT2D eigenvalue weighted by molar-refractivity contribution is 5.83. The molecule has 1 aromatic carbocycles. The number of aromatic nitrogens is 1. The van der Waals surface area contributed by atoms with Crippen LogP contribution in [-0.4, -0.2) is 77.5 Å². The van der Waals surface area contributed by atoms with Crippen molar-refractivity contribution in [3.05, 3.63) is 36.0 Å². The average Bonchev–Trinajstić information content (AvgIpc) is 2.78. The summed E-state index contributed by atoms with van der Waals surface area (Å²) in [4.78, 5) is 9.10. The van der Waals surface area contributed by atoms with E-state index in [0.29, 0.717) is 6.54 Å². The zero-order valence-corrected chi connectivity index (χ0v) is 18.5. The molecule has 30 heavy (non-hydrogen) atoms. The lowest BCUT2D eigenvalue weighted by molar-refractivity contribution is 0.00931. The molecule has 2 heterocycles. The van der Waals surface area contributed by atoms with Crippen molar-refractivity contribution < 1.29 is 14.9 Å². The van der Waals surface area contributed by atoms with Crippen molar-refractivity contribution in [3.63, 3.8) is 0 Å². The molecule has 6 nitrogen and oxygen atoms in total. The molecule has 0 spiro atoms. The maximum atomic E-state index is 11.0. The molecular weight excluding hydrogens is 378 g/mol. The van der Waals surface area contributed by atoms with Crippen molar-refractivity contribution >= 4 is 10.9 Å². The van der Waals surface area contributed by atoms with Crippen LogP contribution in [0.3, 0.4) is 0 Å². The molecule has 6 heteroatoms. The van der Waals surface area contributed by atoms with E-state index in [9.17, 15) is 10.2 Å². The van der Waals surface area contributed by atoms with Gasteiger partial charge in [-0.15, -0.1) is 0 Å². The Kier molecular flexibility index (Phi) is 8.88. The number of pyridine rings is 1. The minimum absolute atomic E-state index is 0.0617. The smallest absolute Gasteiger partial charge is 0.119 e. The molecular formula is C24H37N3O3. The van der Waals surface area contributed by atoms with E-state index in [0.717, 1.165) is 48.4 Å². The van der Waals surface area contributed by atoms with Crippen molar-refractivity contribution in [2.75, 3.05) is 46.4 Å². The monoisotopic (exact) mass is 415 g/mol. The Hall–Kier alpha value is -1.73. The Bertz CT molecular complexity index is 785. The van der Waals surface area contributed by atoms with E-state index in [4.69, 9.17) is 4.74 Å². The summed E-state index contributed by atoms with van der Waals surface area (Å²) in [6, 6.07) is 7.68. The van der Waals surface area contributed by atoms with Gasteiger partial charge in [0.15, 0.2) is 0 Å². The second-order valence-electron chi connectivity index (χ2n) is 8.35. The van der Waals surface area contributed by atoms with Gasteiger partial charge in [0.1, 0.15) is 5.75 Å². The van der Waals surface area contributed by atoms with Crippen LogP contribution in [0.25, 0.3) is 10.9 Å². The summed E-state index contributed by atoms with van der Waals surface area (Å²) in [5, 5.41) is 21.9. The highest BCUT2D eigenvalue weighted by Gasteiger charge is 2.28. The molecule has 0 saturated carbocycles. The third kappa shape index (κ3) is 5.91. The first kappa shape index (κ1) is 22.9. The number of β-amino-alcohol motifs (C(OH)–C–C–N with tert-alkyl or cyclic N) is 1. The predicted molar refractivity (Wildman–Crippen MR) is 121 cm³/mol. The van der Waals surface area contributed by atoms with Crippen LogP contribution < -0.4 is 4.74 Å². The van der Waals surface area contributed by atoms with Gasteiger partial charge in [-0.1, -0.05) is 32.6 Å². The van der Waals surface area contributed by atoms with Crippen LogP contribution >= 0.6 is 0 Å². The number of aliphatic hydroxyl groups is 2. The summed E-state index contributed by atoms with van der Waals surface area (Å²) >= 11 is 0. The van der Waals surface area contributed by atoms with E-state index in [1.807, 2.05) is 24.3 Å². The van der Waals surface area contributed by atoms with Crippen LogP contribution in [0, 0.1) is 0 Å². The number of hydrogen-bond acceptors (Lipinski definition) is 6. The van der Waals surface area contributed by atoms with Gasteiger partial charge >= 0.3 is 0 Å². The molecule has 0 aliphatic carbocycles. The van der Waals surface area contributed by atoms with Gasteiger partial charge in [-0.05, 0) is 42.8 Å². The quantitative estimate of drug-likeness (QED) is 0.549. The summed E-state index contributed by atoms with van der Waals surface area (Å²) in [5.41, 5.74) is 1.70. The third-order valence-electron chi connectivity index (χ3n) is 6.23. The van der Waals surface area contributed by atoms with Crippen molar-refractivity contribution in [2.45, 2.75) is 51.2 Å². The van der Waals surface area contributed by atoms with Gasteiger partial charge in [0.25, 0.3) is 0 Å². The minimum Gasteiger partial charge on any atom is -0.497 e. The molecule has 3 rings (SSSR count). The standard InChI is InChI=1S/C24H37N3O3/c1-3-4-5-6-7-12-26-13-14-27(19(16-26)18-28)17-24(29)21-10-11-25-23-9-8-20(30-2)15-22(21)23/h8-11,15,19,24,28-29H,3-7,12-14,16-18H2,1-2H3/t19-,24?/m0/s1. The zero-order chi connectivity index (χ0) is 21.3. The first-order valence-electron chi connectivity index (χ1n) is 11.3. The molecule has 1 saturated heterocycles. The number of hydrogen-bond donors (Lipinski definition) is 2. The van der Waals surface area contributed by atoms with Gasteiger partial charge in [-0.3, -0.25) is 9.88 Å². The van der Waals surface area contributed by atoms with Gasteiger partial charge in [0.2, 0.25) is 0 Å². The number of rotatable bonds is 11. The first-order valence-corrected chi connectivity index (χ1v) is 11.3. The first-order chi connectivity index (χ1) is 14.7. The molecule has 1 aliphatic heterocycles. The molecule has 0 bridgehead atoms. The average molecular weight is 416 g/mol. The molecule has 1 aromatic heterocycles. The Morgan fingerprint density at radius 2 is 2.00 bits per heavy atom. The van der Waals surface area contributed by atoms with E-state index in [-0.39, 0.29) is 12.6 Å². The minimum atomic E-state index is -0.641. The van der Waals surface area contributed by atoms with Crippen molar-refractivity contribution in [3.8, 4) is 5.75 Å². The summed E-state index contributed by atoms with van der Waals surface area (Å²) in [5.74, 6) is 0.754. The lowest BCUT2D eigenvalue weighted by Crippen LogP contribution is -2.55. The topological polar surface area (TPSA) is 69.1 Å². The summed E-state index contributed by atoms with van der Waals surface area (Å²) < 4.78 is 5.35. The molecule has 2 atom stereocenters. The number of fused-ring (bicyclic) bond motifs is 1. The van der Waals surface area contributed by atoms with Gasteiger partial charge in [0.05, 0.1) is 25.3 Å². The summed E-state index contributed by atoms with van der Waals surface area (Å²) in [6.45, 7) is 6.68. The Balaban J connectivity index is 1.60. The number of nitrogens with zero attached hydrogens (tertiary/aromatic N) is 3. The fourth-order valence-electron chi connectivity index (χ4n) is 4.40. The van der Waals surface area contributed by atoms with Crippen molar-refractivity contribution in [1.29, 1.82) is 0 Å². The van der Waals surface area contributed by atoms with Gasteiger partial charge in [0, 0.05) is 43.8 Å². The molecule has 1 fully saturated rings. The van der Waals surface area contributed by atoms with Crippen molar-refractivity contribution in [2.24, 2.45) is 0 Å². The van der Waals surface area contributed by atoms with E-state index in [1.165, 1.54) is 32.1 Å². The molecule has 2 aromatic rings. The normalized spacial score (nSPS) is 19.3. The highest BCUT2D eigenvalue weighted by Crippen LogP contribution is 2.28. The number of ether oxygens (including phenoxy) is 1.